The summed E-state index contributed by atoms with van der Waals surface area (Å²) in [4.78, 5) is 37.6. The number of nitrogens with zero attached hydrogens (tertiary/aromatic N) is 6. The number of benzene rings is 3. The van der Waals surface area contributed by atoms with E-state index in [0.717, 1.165) is 28.9 Å². The third-order valence-corrected chi connectivity index (χ3v) is 16.5. The number of aryl methyl sites for hydroxylation is 1. The van der Waals surface area contributed by atoms with Gasteiger partial charge in [0.1, 0.15) is 23.0 Å². The minimum atomic E-state index is -6.00. The number of carbonyl (C=O) groups excluding carboxylic acids is 2. The van der Waals surface area contributed by atoms with E-state index in [2.05, 4.69) is 10.2 Å². The summed E-state index contributed by atoms with van der Waals surface area (Å²) in [6.07, 6.45) is 5.91. The predicted molar refractivity (Wildman–Crippen MR) is 263 cm³/mol. The number of para-hydroxylation sites is 1. The Labute approximate surface area is 411 Å². The number of halogens is 5. The topological polar surface area (TPSA) is 235 Å². The Balaban J connectivity index is 0.000000205. The van der Waals surface area contributed by atoms with Crippen LogP contribution in [0.25, 0.3) is 33.5 Å². The van der Waals surface area contributed by atoms with Gasteiger partial charge < -0.3 is 0 Å². The lowest BCUT2D eigenvalue weighted by atomic mass is 10.0. The van der Waals surface area contributed by atoms with E-state index in [1.807, 2.05) is 0 Å². The number of anilines is 3. The van der Waals surface area contributed by atoms with E-state index in [-0.39, 0.29) is 29.5 Å². The van der Waals surface area contributed by atoms with Gasteiger partial charge in [-0.3, -0.25) is 32.6 Å². The van der Waals surface area contributed by atoms with Crippen LogP contribution in [0.1, 0.15) is 53.0 Å². The van der Waals surface area contributed by atoms with Crippen molar-refractivity contribution in [3.05, 3.63) is 142 Å². The van der Waals surface area contributed by atoms with Gasteiger partial charge in [0, 0.05) is 44.1 Å². The summed E-state index contributed by atoms with van der Waals surface area (Å²) >= 11 is 0. The largest absolute Gasteiger partial charge is 0.517 e. The number of hydrogen-bond acceptors (Lipinski definition) is 12. The number of carbonyl (C=O) groups is 2. The van der Waals surface area contributed by atoms with E-state index in [1.54, 1.807) is 45.2 Å². The van der Waals surface area contributed by atoms with Gasteiger partial charge in [-0.15, -0.1) is 0 Å². The second kappa shape index (κ2) is 21.0. The molecule has 0 unspecified atom stereocenters. The third kappa shape index (κ3) is 12.0. The fourth-order valence-electron chi connectivity index (χ4n) is 6.92. The van der Waals surface area contributed by atoms with Crippen molar-refractivity contribution in [3.8, 4) is 22.5 Å². The van der Waals surface area contributed by atoms with Crippen molar-refractivity contribution in [1.82, 2.24) is 19.2 Å². The zero-order valence-electron chi connectivity index (χ0n) is 39.4. The molecule has 7 aromatic rings. The average Bonchev–Trinajstić information content (AvgIpc) is 3.85. The molecule has 3 aromatic carbocycles. The summed E-state index contributed by atoms with van der Waals surface area (Å²) in [6, 6.07) is 20.1. The number of alkyl halides is 3. The highest BCUT2D eigenvalue weighted by Crippen LogP contribution is 2.34. The fraction of sp³-hybridized carbons (Fsp3) is 0.244. The molecule has 0 radical (unpaired) electrons. The first-order valence-corrected chi connectivity index (χ1v) is 27.9. The molecule has 0 aliphatic heterocycles. The highest BCUT2D eigenvalue weighted by molar-refractivity contribution is 8.10. The number of sulfonamides is 4. The van der Waals surface area contributed by atoms with Crippen molar-refractivity contribution < 1.29 is 65.2 Å². The second-order valence-corrected chi connectivity index (χ2v) is 23.7. The van der Waals surface area contributed by atoms with Gasteiger partial charge in [0.15, 0.2) is 11.6 Å². The zero-order chi connectivity index (χ0) is 54.1. The van der Waals surface area contributed by atoms with E-state index >= 15 is 0 Å². The van der Waals surface area contributed by atoms with Gasteiger partial charge in [-0.2, -0.15) is 30.4 Å². The first-order chi connectivity index (χ1) is 33.2. The highest BCUT2D eigenvalue weighted by Gasteiger charge is 2.53. The van der Waals surface area contributed by atoms with Crippen LogP contribution in [-0.4, -0.2) is 103 Å². The summed E-state index contributed by atoms with van der Waals surface area (Å²) in [5, 5.41) is 7.50. The molecule has 0 spiro atoms. The number of pyridine rings is 2. The molecule has 7 rings (SSSR count). The third-order valence-electron chi connectivity index (χ3n) is 10.6. The second-order valence-electron chi connectivity index (χ2n) is 15.8. The van der Waals surface area contributed by atoms with Crippen molar-refractivity contribution in [2.75, 3.05) is 45.2 Å². The Morgan fingerprint density at radius 2 is 1.14 bits per heavy atom. The predicted octanol–water partition coefficient (Wildman–Crippen LogP) is 7.16. The fourth-order valence-corrected chi connectivity index (χ4v) is 10.7. The number of H-pyrrole nitrogens is 1. The van der Waals surface area contributed by atoms with Crippen LogP contribution in [0.15, 0.2) is 108 Å². The molecule has 1 N–H and O–H groups in total. The standard InChI is InChI=1S/C19H20FN3O3S.C18H18FN3O4S.C8H8F3NO4S2/c1-5-17(24)18-15-10-12(2)16(22(3)27(4,25)26)11-23(15)21-19(18)13-6-8-14(20)9-7-13;1-4-15(23)17-13-9-16(24)14(21(2)27(3,25)26)10-22(13)20-18(17)11-5-7-12(19)8-6-11;1-17(13,14)12(7-5-3-2-4-6-7)18(15,16)8(9,10)11/h6-11H,5H2,1-4H3;5-10,20H,4H2,1-3H3;2-6H,1H3. The monoisotopic (exact) mass is 1080 g/mol. The average molecular weight is 1080 g/mol. The Hall–Kier alpha value is -6.97. The molecular weight excluding hydrogens is 1040 g/mol. The Morgan fingerprint density at radius 1 is 0.653 bits per heavy atom. The van der Waals surface area contributed by atoms with Crippen LogP contribution in [0, 0.1) is 18.6 Å². The van der Waals surface area contributed by atoms with E-state index in [9.17, 15) is 70.0 Å². The molecule has 18 nitrogen and oxygen atoms in total. The number of nitrogens with one attached hydrogen (secondary N) is 1. The minimum absolute atomic E-state index is 0.0580. The van der Waals surface area contributed by atoms with Gasteiger partial charge in [-0.05, 0) is 79.2 Å². The van der Waals surface area contributed by atoms with Crippen LogP contribution in [0.2, 0.25) is 0 Å². The highest BCUT2D eigenvalue weighted by atomic mass is 32.3. The molecule has 0 saturated carbocycles. The molecular formula is C45H46F5N7O11S4. The van der Waals surface area contributed by atoms with Gasteiger partial charge >= 0.3 is 15.5 Å². The summed E-state index contributed by atoms with van der Waals surface area (Å²) < 4.78 is 160. The molecule has 4 heterocycles. The van der Waals surface area contributed by atoms with Crippen molar-refractivity contribution in [2.24, 2.45) is 0 Å². The van der Waals surface area contributed by atoms with Gasteiger partial charge in [-0.25, -0.2) is 38.5 Å². The number of aromatic nitrogens is 4. The lowest BCUT2D eigenvalue weighted by Crippen LogP contribution is -2.44. The molecule has 0 aliphatic rings. The summed E-state index contributed by atoms with van der Waals surface area (Å²) in [5.74, 6) is -1.08. The summed E-state index contributed by atoms with van der Waals surface area (Å²) in [5.41, 5.74) is -1.99. The molecule has 27 heteroatoms. The summed E-state index contributed by atoms with van der Waals surface area (Å²) in [7, 11) is -15.0. The first kappa shape index (κ1) is 56.0. The maximum Gasteiger partial charge on any atom is 0.517 e. The molecule has 72 heavy (non-hydrogen) atoms. The first-order valence-electron chi connectivity index (χ1n) is 20.9. The number of ketones is 2. The number of aromatic amines is 1. The van der Waals surface area contributed by atoms with E-state index in [4.69, 9.17) is 0 Å². The van der Waals surface area contributed by atoms with Crippen molar-refractivity contribution in [2.45, 2.75) is 39.1 Å². The van der Waals surface area contributed by atoms with Crippen LogP contribution in [-0.2, 0) is 40.1 Å². The number of rotatable bonds is 13. The SMILES string of the molecule is CCC(=O)c1c(-c2ccc(F)cc2)[nH]n2cc(N(C)S(C)(=O)=O)c(=O)cc12.CCC(=O)c1c(-c2ccc(F)cc2)nn2cc(N(C)S(C)(=O)=O)c(C)cc12.CS(=O)(=O)N(c1ccccc1)S(=O)(=O)C(F)(F)F. The molecule has 4 aromatic heterocycles. The van der Waals surface area contributed by atoms with Crippen LogP contribution < -0.4 is 17.7 Å². The Morgan fingerprint density at radius 3 is 1.61 bits per heavy atom. The molecule has 0 bridgehead atoms. The van der Waals surface area contributed by atoms with Crippen molar-refractivity contribution in [3.63, 3.8) is 0 Å². The zero-order valence-corrected chi connectivity index (χ0v) is 42.7. The number of fused-ring (bicyclic) bond motifs is 2. The lowest BCUT2D eigenvalue weighted by Gasteiger charge is -2.22. The normalized spacial score (nSPS) is 12.1. The molecule has 0 amide bonds. The number of hydrogen-bond donors (Lipinski definition) is 1. The smallest absolute Gasteiger partial charge is 0.294 e. The van der Waals surface area contributed by atoms with Gasteiger partial charge in [0.2, 0.25) is 35.5 Å². The summed E-state index contributed by atoms with van der Waals surface area (Å²) in [6.45, 7) is 5.24. The Kier molecular flexibility index (Phi) is 16.3. The van der Waals surface area contributed by atoms with Crippen LogP contribution in [0.5, 0.6) is 0 Å². The van der Waals surface area contributed by atoms with Crippen LogP contribution >= 0.6 is 0 Å². The van der Waals surface area contributed by atoms with E-state index in [1.165, 1.54) is 94.3 Å². The number of Topliss-reactive ketones (excluding diaryl/α,β-unsaturated/α-hetero) is 2. The minimum Gasteiger partial charge on any atom is -0.294 e. The molecule has 386 valence electrons. The van der Waals surface area contributed by atoms with Gasteiger partial charge in [0.25, 0.3) is 0 Å². The molecule has 0 aliphatic carbocycles. The molecule has 0 fully saturated rings. The van der Waals surface area contributed by atoms with Crippen LogP contribution in [0.3, 0.4) is 0 Å². The molecule has 0 atom stereocenters. The lowest BCUT2D eigenvalue weighted by molar-refractivity contribution is -0.0434. The van der Waals surface area contributed by atoms with Gasteiger partial charge in [-0.1, -0.05) is 32.0 Å². The van der Waals surface area contributed by atoms with Crippen molar-refractivity contribution >= 4 is 79.8 Å². The van der Waals surface area contributed by atoms with E-state index < -0.39 is 66.2 Å². The Bertz CT molecular complexity index is 3720. The quantitative estimate of drug-likeness (QED) is 0.0895. The maximum atomic E-state index is 13.3. The van der Waals surface area contributed by atoms with Crippen molar-refractivity contribution in [1.29, 1.82) is 0 Å². The molecule has 0 saturated heterocycles. The van der Waals surface area contributed by atoms with E-state index in [0.29, 0.717) is 68.6 Å². The van der Waals surface area contributed by atoms with Crippen LogP contribution in [0.4, 0.5) is 39.0 Å². The maximum absolute atomic E-state index is 13.3. The van der Waals surface area contributed by atoms with Gasteiger partial charge in [0.05, 0.1) is 70.4 Å².